The van der Waals surface area contributed by atoms with Crippen molar-refractivity contribution in [3.8, 4) is 0 Å². The van der Waals surface area contributed by atoms with E-state index in [9.17, 15) is 4.79 Å². The van der Waals surface area contributed by atoms with E-state index < -0.39 is 6.04 Å². The van der Waals surface area contributed by atoms with E-state index >= 15 is 0 Å². The molecule has 1 rings (SSSR count). The predicted molar refractivity (Wildman–Crippen MR) is 74.9 cm³/mol. The number of aryl methyl sites for hydroxylation is 1. The van der Waals surface area contributed by atoms with E-state index in [1.165, 1.54) is 0 Å². The van der Waals surface area contributed by atoms with Crippen LogP contribution in [0.5, 0.6) is 0 Å². The normalized spacial score (nSPS) is 11.6. The van der Waals surface area contributed by atoms with Crippen LogP contribution in [0.25, 0.3) is 0 Å². The number of methoxy groups -OCH3 is 1. The number of ether oxygens (including phenoxy) is 1. The molecule has 0 aliphatic carbocycles. The molecule has 0 heterocycles. The van der Waals surface area contributed by atoms with E-state index in [0.29, 0.717) is 13.2 Å². The number of hydrogen-bond acceptors (Lipinski definition) is 3. The Balaban J connectivity index is 0.00000289. The van der Waals surface area contributed by atoms with Gasteiger partial charge in [-0.15, -0.1) is 12.4 Å². The average Bonchev–Trinajstić information content (AvgIpc) is 2.35. The first-order valence-electron chi connectivity index (χ1n) is 5.62. The summed E-state index contributed by atoms with van der Waals surface area (Å²) >= 11 is 0. The topological polar surface area (TPSA) is 55.6 Å². The Morgan fingerprint density at radius 2 is 1.94 bits per heavy atom. The van der Waals surface area contributed by atoms with E-state index in [1.807, 2.05) is 31.2 Å². The largest absolute Gasteiger partial charge is 0.383 e. The summed E-state index contributed by atoms with van der Waals surface area (Å²) in [4.78, 5) is 13.6. The number of carbonyl (C=O) groups excluding carboxylic acids is 1. The molecule has 2 N–H and O–H groups in total. The Bertz CT molecular complexity index is 368. The minimum Gasteiger partial charge on any atom is -0.383 e. The molecule has 0 radical (unpaired) electrons. The number of halogens is 1. The molecule has 5 heteroatoms. The zero-order valence-corrected chi connectivity index (χ0v) is 11.9. The van der Waals surface area contributed by atoms with Crippen LogP contribution < -0.4 is 5.73 Å². The Morgan fingerprint density at radius 1 is 1.39 bits per heavy atom. The Hall–Kier alpha value is -1.10. The van der Waals surface area contributed by atoms with Crippen molar-refractivity contribution in [2.45, 2.75) is 13.0 Å². The number of hydrogen-bond donors (Lipinski definition) is 1. The standard InChI is InChI=1S/C13H20N2O2.ClH/c1-10-4-6-11(7-5-10)12(14)13(16)15(2)8-9-17-3;/h4-7,12H,8-9,14H2,1-3H3;1H. The van der Waals surface area contributed by atoms with Crippen LogP contribution in [0.2, 0.25) is 0 Å². The number of amides is 1. The highest BCUT2D eigenvalue weighted by molar-refractivity contribution is 5.85. The van der Waals surface area contributed by atoms with Crippen molar-refractivity contribution in [2.75, 3.05) is 27.3 Å². The fourth-order valence-corrected chi connectivity index (χ4v) is 1.49. The number of carbonyl (C=O) groups is 1. The van der Waals surface area contributed by atoms with Gasteiger partial charge in [-0.2, -0.15) is 0 Å². The fraction of sp³-hybridized carbons (Fsp3) is 0.462. The zero-order valence-electron chi connectivity index (χ0n) is 11.1. The van der Waals surface area contributed by atoms with Gasteiger partial charge in [-0.1, -0.05) is 29.8 Å². The summed E-state index contributed by atoms with van der Waals surface area (Å²) in [7, 11) is 3.34. The smallest absolute Gasteiger partial charge is 0.243 e. The zero-order chi connectivity index (χ0) is 12.8. The summed E-state index contributed by atoms with van der Waals surface area (Å²) in [5, 5.41) is 0. The van der Waals surface area contributed by atoms with Gasteiger partial charge in [0.25, 0.3) is 0 Å². The maximum Gasteiger partial charge on any atom is 0.243 e. The van der Waals surface area contributed by atoms with Crippen molar-refractivity contribution in [3.63, 3.8) is 0 Å². The summed E-state index contributed by atoms with van der Waals surface area (Å²) in [6, 6.07) is 7.09. The van der Waals surface area contributed by atoms with Crippen LogP contribution in [0.1, 0.15) is 17.2 Å². The van der Waals surface area contributed by atoms with Crippen LogP contribution in [-0.4, -0.2) is 38.1 Å². The van der Waals surface area contributed by atoms with Gasteiger partial charge >= 0.3 is 0 Å². The molecule has 1 unspecified atom stereocenters. The Kier molecular flexibility index (Phi) is 7.59. The first kappa shape index (κ1) is 16.9. The van der Waals surface area contributed by atoms with E-state index in [-0.39, 0.29) is 18.3 Å². The first-order valence-corrected chi connectivity index (χ1v) is 5.62. The lowest BCUT2D eigenvalue weighted by Crippen LogP contribution is -2.37. The van der Waals surface area contributed by atoms with Crippen LogP contribution in [-0.2, 0) is 9.53 Å². The van der Waals surface area contributed by atoms with E-state index in [2.05, 4.69) is 0 Å². The van der Waals surface area contributed by atoms with Gasteiger partial charge < -0.3 is 15.4 Å². The number of rotatable bonds is 5. The second-order valence-corrected chi connectivity index (χ2v) is 4.14. The molecule has 0 saturated carbocycles. The molecule has 0 aromatic heterocycles. The molecular formula is C13H21ClN2O2. The molecule has 0 saturated heterocycles. The summed E-state index contributed by atoms with van der Waals surface area (Å²) in [5.74, 6) is -0.0918. The molecule has 0 spiro atoms. The molecule has 4 nitrogen and oxygen atoms in total. The van der Waals surface area contributed by atoms with Gasteiger partial charge in [0.15, 0.2) is 0 Å². The fourth-order valence-electron chi connectivity index (χ4n) is 1.49. The van der Waals surface area contributed by atoms with Crippen LogP contribution in [0, 0.1) is 6.92 Å². The van der Waals surface area contributed by atoms with Crippen molar-refractivity contribution in [1.29, 1.82) is 0 Å². The van der Waals surface area contributed by atoms with Crippen molar-refractivity contribution in [2.24, 2.45) is 5.73 Å². The van der Waals surface area contributed by atoms with E-state index in [1.54, 1.807) is 19.1 Å². The molecule has 1 atom stereocenters. The molecule has 1 aromatic rings. The Morgan fingerprint density at radius 3 is 2.44 bits per heavy atom. The minimum absolute atomic E-state index is 0. The summed E-state index contributed by atoms with van der Waals surface area (Å²) < 4.78 is 4.93. The SMILES string of the molecule is COCCN(C)C(=O)C(N)c1ccc(C)cc1.Cl. The Labute approximate surface area is 115 Å². The van der Waals surface area contributed by atoms with Crippen molar-refractivity contribution < 1.29 is 9.53 Å². The number of nitrogens with zero attached hydrogens (tertiary/aromatic N) is 1. The van der Waals surface area contributed by atoms with E-state index in [4.69, 9.17) is 10.5 Å². The maximum atomic E-state index is 12.0. The van der Waals surface area contributed by atoms with Crippen LogP contribution in [0.15, 0.2) is 24.3 Å². The molecule has 0 bridgehead atoms. The molecular weight excluding hydrogens is 252 g/mol. The van der Waals surface area contributed by atoms with Crippen LogP contribution >= 0.6 is 12.4 Å². The predicted octanol–water partition coefficient (Wildman–Crippen LogP) is 1.52. The molecule has 1 aromatic carbocycles. The van der Waals surface area contributed by atoms with Crippen molar-refractivity contribution >= 4 is 18.3 Å². The van der Waals surface area contributed by atoms with Gasteiger partial charge in [0, 0.05) is 20.7 Å². The lowest BCUT2D eigenvalue weighted by atomic mass is 10.1. The highest BCUT2D eigenvalue weighted by atomic mass is 35.5. The number of likely N-dealkylation sites (N-methyl/N-ethyl adjacent to an activating group) is 1. The quantitative estimate of drug-likeness (QED) is 0.884. The lowest BCUT2D eigenvalue weighted by Gasteiger charge is -2.21. The molecule has 102 valence electrons. The molecule has 0 fully saturated rings. The van der Waals surface area contributed by atoms with Crippen molar-refractivity contribution in [1.82, 2.24) is 4.90 Å². The van der Waals surface area contributed by atoms with Gasteiger partial charge in [0.2, 0.25) is 5.91 Å². The van der Waals surface area contributed by atoms with Crippen molar-refractivity contribution in [3.05, 3.63) is 35.4 Å². The second kappa shape index (κ2) is 8.08. The molecule has 0 aliphatic rings. The van der Waals surface area contributed by atoms with Crippen LogP contribution in [0.4, 0.5) is 0 Å². The monoisotopic (exact) mass is 272 g/mol. The minimum atomic E-state index is -0.600. The summed E-state index contributed by atoms with van der Waals surface area (Å²) in [6.07, 6.45) is 0. The molecule has 18 heavy (non-hydrogen) atoms. The summed E-state index contributed by atoms with van der Waals surface area (Å²) in [6.45, 7) is 3.07. The van der Waals surface area contributed by atoms with Gasteiger partial charge in [0.05, 0.1) is 6.61 Å². The van der Waals surface area contributed by atoms with Gasteiger partial charge in [0.1, 0.15) is 6.04 Å². The lowest BCUT2D eigenvalue weighted by molar-refractivity contribution is -0.132. The van der Waals surface area contributed by atoms with Gasteiger partial charge in [-0.25, -0.2) is 0 Å². The third kappa shape index (κ3) is 4.64. The third-order valence-corrected chi connectivity index (χ3v) is 2.71. The number of benzene rings is 1. The second-order valence-electron chi connectivity index (χ2n) is 4.14. The number of nitrogens with two attached hydrogens (primary N) is 1. The summed E-state index contributed by atoms with van der Waals surface area (Å²) in [5.41, 5.74) is 7.92. The third-order valence-electron chi connectivity index (χ3n) is 2.71. The average molecular weight is 273 g/mol. The highest BCUT2D eigenvalue weighted by Gasteiger charge is 2.19. The van der Waals surface area contributed by atoms with Gasteiger partial charge in [-0.05, 0) is 12.5 Å². The first-order chi connectivity index (χ1) is 8.06. The van der Waals surface area contributed by atoms with Crippen LogP contribution in [0.3, 0.4) is 0 Å². The highest BCUT2D eigenvalue weighted by Crippen LogP contribution is 2.13. The molecule has 1 amide bonds. The van der Waals surface area contributed by atoms with Gasteiger partial charge in [-0.3, -0.25) is 4.79 Å². The maximum absolute atomic E-state index is 12.0. The molecule has 0 aliphatic heterocycles. The van der Waals surface area contributed by atoms with E-state index in [0.717, 1.165) is 11.1 Å².